The van der Waals surface area contributed by atoms with Crippen LogP contribution in [0.2, 0.25) is 0 Å². The highest BCUT2D eigenvalue weighted by Gasteiger charge is 2.35. The van der Waals surface area contributed by atoms with Crippen molar-refractivity contribution in [2.45, 2.75) is 45.7 Å². The van der Waals surface area contributed by atoms with E-state index in [1.165, 1.54) is 19.2 Å². The van der Waals surface area contributed by atoms with E-state index in [9.17, 15) is 18.0 Å². The largest absolute Gasteiger partial charge is 0.419 e. The molecule has 1 N–H and O–H groups in total. The number of unbranched alkanes of at least 4 members (excludes halogenated alkanes) is 1. The number of tetrazole rings is 1. The van der Waals surface area contributed by atoms with Crippen LogP contribution >= 0.6 is 0 Å². The summed E-state index contributed by atoms with van der Waals surface area (Å²) in [6, 6.07) is 17.5. The number of nitrogens with one attached hydrogen (secondary N) is 1. The van der Waals surface area contributed by atoms with Gasteiger partial charge in [-0.15, -0.1) is 5.10 Å². The van der Waals surface area contributed by atoms with Gasteiger partial charge in [-0.25, -0.2) is 19.6 Å². The van der Waals surface area contributed by atoms with Gasteiger partial charge < -0.3 is 0 Å². The van der Waals surface area contributed by atoms with Gasteiger partial charge in [-0.3, -0.25) is 4.79 Å². The monoisotopic (exact) mass is 545 g/mol. The van der Waals surface area contributed by atoms with E-state index in [1.54, 1.807) is 0 Å². The Bertz CT molecular complexity index is 1680. The molecule has 0 saturated heterocycles. The van der Waals surface area contributed by atoms with Gasteiger partial charge in [0.15, 0.2) is 11.6 Å². The topological polar surface area (TPSA) is 102 Å². The highest BCUT2D eigenvalue weighted by atomic mass is 19.4. The number of benzene rings is 2. The lowest BCUT2D eigenvalue weighted by Crippen LogP contribution is -2.30. The summed E-state index contributed by atoms with van der Waals surface area (Å²) in [5.74, 6) is 0.235. The zero-order valence-electron chi connectivity index (χ0n) is 21.9. The fraction of sp³-hybridized carbons (Fsp3) is 0.241. The third-order valence-corrected chi connectivity index (χ3v) is 6.67. The van der Waals surface area contributed by atoms with Gasteiger partial charge in [0.1, 0.15) is 5.82 Å². The van der Waals surface area contributed by atoms with Crippen molar-refractivity contribution < 1.29 is 13.2 Å². The van der Waals surface area contributed by atoms with E-state index >= 15 is 0 Å². The molecule has 2 aromatic carbocycles. The minimum absolute atomic E-state index is 0.165. The van der Waals surface area contributed by atoms with Gasteiger partial charge in [0, 0.05) is 23.7 Å². The Labute approximate surface area is 228 Å². The maximum absolute atomic E-state index is 13.8. The lowest BCUT2D eigenvalue weighted by molar-refractivity contribution is -0.137. The maximum atomic E-state index is 13.8. The number of H-pyrrole nitrogens is 1. The molecule has 0 fully saturated rings. The van der Waals surface area contributed by atoms with Crippen molar-refractivity contribution in [2.75, 3.05) is 0 Å². The molecule has 8 nitrogen and oxygen atoms in total. The fourth-order valence-electron chi connectivity index (χ4n) is 4.71. The lowest BCUT2D eigenvalue weighted by Gasteiger charge is -2.18. The second-order valence-corrected chi connectivity index (χ2v) is 9.37. The second-order valence-electron chi connectivity index (χ2n) is 9.37. The summed E-state index contributed by atoms with van der Waals surface area (Å²) in [6.07, 6.45) is -0.985. The summed E-state index contributed by atoms with van der Waals surface area (Å²) < 4.78 is 42.4. The first-order valence-electron chi connectivity index (χ1n) is 12.8. The zero-order valence-corrected chi connectivity index (χ0v) is 21.9. The zero-order chi connectivity index (χ0) is 28.3. The molecule has 204 valence electrons. The summed E-state index contributed by atoms with van der Waals surface area (Å²) in [7, 11) is 0. The van der Waals surface area contributed by atoms with Gasteiger partial charge in [-0.2, -0.15) is 13.2 Å². The van der Waals surface area contributed by atoms with Gasteiger partial charge in [-0.05, 0) is 59.0 Å². The first-order chi connectivity index (χ1) is 19.3. The van der Waals surface area contributed by atoms with Crippen LogP contribution in [-0.2, 0) is 19.0 Å². The van der Waals surface area contributed by atoms with E-state index in [1.807, 2.05) is 55.5 Å². The first kappa shape index (κ1) is 26.9. The molecule has 0 radical (unpaired) electrons. The van der Waals surface area contributed by atoms with Crippen LogP contribution in [0.25, 0.3) is 28.3 Å². The maximum Gasteiger partial charge on any atom is 0.419 e. The van der Waals surface area contributed by atoms with Crippen molar-refractivity contribution in [1.29, 1.82) is 0 Å². The molecule has 0 aliphatic heterocycles. The minimum atomic E-state index is -4.68. The molecule has 0 aliphatic carbocycles. The highest BCUT2D eigenvalue weighted by Crippen LogP contribution is 2.33. The number of pyridine rings is 1. The fourth-order valence-corrected chi connectivity index (χ4v) is 4.71. The molecule has 11 heteroatoms. The number of nitrogens with zero attached hydrogens (tertiary/aromatic N) is 6. The number of hydrogen-bond donors (Lipinski definition) is 1. The van der Waals surface area contributed by atoms with E-state index in [0.29, 0.717) is 23.5 Å². The van der Waals surface area contributed by atoms with Crippen LogP contribution in [0.5, 0.6) is 0 Å². The molecule has 5 aromatic rings. The minimum Gasteiger partial charge on any atom is -0.268 e. The van der Waals surface area contributed by atoms with E-state index in [4.69, 9.17) is 0 Å². The van der Waals surface area contributed by atoms with Crippen LogP contribution < -0.4 is 5.56 Å². The van der Waals surface area contributed by atoms with Crippen LogP contribution in [0.3, 0.4) is 0 Å². The highest BCUT2D eigenvalue weighted by molar-refractivity contribution is 5.80. The van der Waals surface area contributed by atoms with Crippen LogP contribution in [0.4, 0.5) is 13.2 Å². The average molecular weight is 546 g/mol. The summed E-state index contributed by atoms with van der Waals surface area (Å²) in [5, 5.41) is 14.1. The molecule has 5 rings (SSSR count). The SMILES string of the molecule is CCCCc1nc(C)n(-c2ncccc2C(F)(F)F)c(=O)c1Cc1ccc(-c2ccccc2-c2nnn[nH]2)cc1. The van der Waals surface area contributed by atoms with Crippen LogP contribution in [0.15, 0.2) is 71.7 Å². The van der Waals surface area contributed by atoms with Gasteiger partial charge >= 0.3 is 6.18 Å². The molecule has 0 amide bonds. The van der Waals surface area contributed by atoms with Crippen molar-refractivity contribution >= 4 is 0 Å². The van der Waals surface area contributed by atoms with Gasteiger partial charge in [-0.1, -0.05) is 61.9 Å². The van der Waals surface area contributed by atoms with Crippen LogP contribution in [0, 0.1) is 6.92 Å². The number of alkyl halides is 3. The number of aryl methyl sites for hydroxylation is 2. The van der Waals surface area contributed by atoms with Crippen molar-refractivity contribution in [3.8, 4) is 28.3 Å². The Balaban J connectivity index is 1.56. The number of rotatable bonds is 8. The molecular formula is C29H26F3N7O. The summed E-state index contributed by atoms with van der Waals surface area (Å²) in [5.41, 5.74) is 2.93. The second kappa shape index (κ2) is 11.2. The predicted octanol–water partition coefficient (Wildman–Crippen LogP) is 5.74. The predicted molar refractivity (Wildman–Crippen MR) is 144 cm³/mol. The molecule has 0 unspecified atom stereocenters. The van der Waals surface area contributed by atoms with Gasteiger partial charge in [0.05, 0.1) is 11.3 Å². The third-order valence-electron chi connectivity index (χ3n) is 6.67. The number of halogens is 3. The normalized spacial score (nSPS) is 11.6. The molecule has 0 aliphatic rings. The first-order valence-corrected chi connectivity index (χ1v) is 12.8. The summed E-state index contributed by atoms with van der Waals surface area (Å²) in [4.78, 5) is 22.4. The number of aromatic amines is 1. The molecule has 3 aromatic heterocycles. The number of hydrogen-bond acceptors (Lipinski definition) is 6. The van der Waals surface area contributed by atoms with E-state index in [-0.39, 0.29) is 12.2 Å². The van der Waals surface area contributed by atoms with Crippen molar-refractivity contribution in [3.63, 3.8) is 0 Å². The van der Waals surface area contributed by atoms with Crippen LogP contribution in [0.1, 0.15) is 48.0 Å². The average Bonchev–Trinajstić information content (AvgIpc) is 3.49. The molecular weight excluding hydrogens is 519 g/mol. The van der Waals surface area contributed by atoms with Crippen molar-refractivity contribution in [1.82, 2.24) is 35.2 Å². The Morgan fingerprint density at radius 1 is 0.975 bits per heavy atom. The van der Waals surface area contributed by atoms with E-state index in [0.717, 1.165) is 45.7 Å². The molecule has 3 heterocycles. The van der Waals surface area contributed by atoms with Gasteiger partial charge in [0.25, 0.3) is 5.56 Å². The van der Waals surface area contributed by atoms with E-state index in [2.05, 4.69) is 30.6 Å². The standard InChI is InChI=1S/C29H26F3N7O/c1-3-4-11-25-23(28(40)39(18(2)34-25)27-24(29(30,31)32)10-7-16-33-27)17-19-12-14-20(15-13-19)21-8-5-6-9-22(21)26-35-37-38-36-26/h5-10,12-16H,3-4,11,17H2,1-2H3,(H,35,36,37,38). The van der Waals surface area contributed by atoms with Gasteiger partial charge in [0.2, 0.25) is 0 Å². The third kappa shape index (κ3) is 5.40. The Hall–Kier alpha value is -4.67. The van der Waals surface area contributed by atoms with Crippen LogP contribution in [-0.4, -0.2) is 35.2 Å². The van der Waals surface area contributed by atoms with Crippen molar-refractivity contribution in [2.24, 2.45) is 0 Å². The van der Waals surface area contributed by atoms with Crippen molar-refractivity contribution in [3.05, 3.63) is 105 Å². The summed E-state index contributed by atoms with van der Waals surface area (Å²) in [6.45, 7) is 3.56. The molecule has 40 heavy (non-hydrogen) atoms. The Morgan fingerprint density at radius 2 is 1.73 bits per heavy atom. The molecule has 0 atom stereocenters. The molecule has 0 saturated carbocycles. The quantitative estimate of drug-likeness (QED) is 0.267. The molecule has 0 spiro atoms. The smallest absolute Gasteiger partial charge is 0.268 e. The molecule has 0 bridgehead atoms. The lowest BCUT2D eigenvalue weighted by atomic mass is 9.96. The Morgan fingerprint density at radius 3 is 2.40 bits per heavy atom. The Kier molecular flexibility index (Phi) is 7.54. The summed E-state index contributed by atoms with van der Waals surface area (Å²) >= 11 is 0. The van der Waals surface area contributed by atoms with E-state index < -0.39 is 23.1 Å². The number of aromatic nitrogens is 7.